The van der Waals surface area contributed by atoms with Crippen molar-refractivity contribution in [3.8, 4) is 33.4 Å². The molecule has 212 valence electrons. The van der Waals surface area contributed by atoms with E-state index in [0.29, 0.717) is 0 Å². The molecular formula is C44H31N. The number of nitrogens with zero attached hydrogens (tertiary/aromatic N) is 1. The minimum absolute atomic E-state index is 1.12. The molecule has 0 atom stereocenters. The first-order valence-electron chi connectivity index (χ1n) is 15.4. The molecule has 0 unspecified atom stereocenters. The maximum absolute atomic E-state index is 2.36. The van der Waals surface area contributed by atoms with Gasteiger partial charge in [0, 0.05) is 17.1 Å². The van der Waals surface area contributed by atoms with Crippen molar-refractivity contribution >= 4 is 38.6 Å². The average Bonchev–Trinajstić information content (AvgIpc) is 3.12. The lowest BCUT2D eigenvalue weighted by Gasteiger charge is -2.26. The summed E-state index contributed by atoms with van der Waals surface area (Å²) in [5.41, 5.74) is 10.7. The van der Waals surface area contributed by atoms with E-state index in [0.717, 1.165) is 17.1 Å². The molecule has 0 saturated carbocycles. The van der Waals surface area contributed by atoms with Gasteiger partial charge in [0.2, 0.25) is 0 Å². The van der Waals surface area contributed by atoms with Crippen LogP contribution < -0.4 is 4.90 Å². The molecule has 8 aromatic rings. The fourth-order valence-electron chi connectivity index (χ4n) is 6.42. The van der Waals surface area contributed by atoms with Crippen LogP contribution in [0, 0.1) is 0 Å². The molecule has 0 aliphatic carbocycles. The van der Waals surface area contributed by atoms with Gasteiger partial charge < -0.3 is 4.90 Å². The highest BCUT2D eigenvalue weighted by Crippen LogP contribution is 2.40. The molecule has 0 fully saturated rings. The maximum atomic E-state index is 2.36. The third kappa shape index (κ3) is 5.15. The van der Waals surface area contributed by atoms with Gasteiger partial charge >= 0.3 is 0 Å². The van der Waals surface area contributed by atoms with Crippen molar-refractivity contribution in [2.75, 3.05) is 4.90 Å². The van der Waals surface area contributed by atoms with Crippen LogP contribution in [0.25, 0.3) is 54.9 Å². The number of rotatable bonds is 6. The van der Waals surface area contributed by atoms with Crippen molar-refractivity contribution in [3.05, 3.63) is 188 Å². The van der Waals surface area contributed by atoms with E-state index in [9.17, 15) is 0 Å². The van der Waals surface area contributed by atoms with Gasteiger partial charge in [-0.15, -0.1) is 0 Å². The number of para-hydroxylation sites is 1. The second-order valence-corrected chi connectivity index (χ2v) is 11.4. The quantitative estimate of drug-likeness (QED) is 0.191. The van der Waals surface area contributed by atoms with Crippen LogP contribution in [0.15, 0.2) is 188 Å². The number of anilines is 3. The van der Waals surface area contributed by atoms with Gasteiger partial charge in [0.15, 0.2) is 0 Å². The fraction of sp³-hybridized carbons (Fsp3) is 0. The number of benzene rings is 8. The Morgan fingerprint density at radius 3 is 1.40 bits per heavy atom. The largest absolute Gasteiger partial charge is 0.311 e. The molecule has 0 heterocycles. The highest BCUT2D eigenvalue weighted by atomic mass is 15.1. The summed E-state index contributed by atoms with van der Waals surface area (Å²) in [5, 5.41) is 5.04. The van der Waals surface area contributed by atoms with Crippen molar-refractivity contribution in [1.29, 1.82) is 0 Å². The summed E-state index contributed by atoms with van der Waals surface area (Å²) < 4.78 is 0. The third-order valence-electron chi connectivity index (χ3n) is 8.65. The van der Waals surface area contributed by atoms with Gasteiger partial charge in [-0.25, -0.2) is 0 Å². The van der Waals surface area contributed by atoms with Gasteiger partial charge in [0.1, 0.15) is 0 Å². The molecule has 0 N–H and O–H groups in total. The molecule has 1 nitrogen and oxygen atoms in total. The second kappa shape index (κ2) is 11.6. The Morgan fingerprint density at radius 1 is 0.267 bits per heavy atom. The van der Waals surface area contributed by atoms with Gasteiger partial charge in [-0.05, 0) is 103 Å². The lowest BCUT2D eigenvalue weighted by atomic mass is 9.90. The van der Waals surface area contributed by atoms with Crippen LogP contribution in [0.2, 0.25) is 0 Å². The average molecular weight is 574 g/mol. The van der Waals surface area contributed by atoms with E-state index in [-0.39, 0.29) is 0 Å². The van der Waals surface area contributed by atoms with Crippen LogP contribution in [0.1, 0.15) is 0 Å². The molecule has 0 radical (unpaired) electrons. The molecule has 0 aliphatic heterocycles. The predicted molar refractivity (Wildman–Crippen MR) is 192 cm³/mol. The highest BCUT2D eigenvalue weighted by Gasteiger charge is 2.14. The molecule has 0 spiro atoms. The molecule has 0 aliphatic rings. The summed E-state index contributed by atoms with van der Waals surface area (Å²) in [7, 11) is 0. The Balaban J connectivity index is 1.21. The van der Waals surface area contributed by atoms with Gasteiger partial charge in [-0.3, -0.25) is 0 Å². The molecular weight excluding hydrogens is 542 g/mol. The molecule has 0 saturated heterocycles. The highest BCUT2D eigenvalue weighted by molar-refractivity contribution is 6.07. The molecule has 45 heavy (non-hydrogen) atoms. The first kappa shape index (κ1) is 26.7. The lowest BCUT2D eigenvalue weighted by Crippen LogP contribution is -2.09. The summed E-state index contributed by atoms with van der Waals surface area (Å²) in [6.45, 7) is 0. The summed E-state index contributed by atoms with van der Waals surface area (Å²) in [6.07, 6.45) is 0. The van der Waals surface area contributed by atoms with Crippen molar-refractivity contribution in [1.82, 2.24) is 0 Å². The van der Waals surface area contributed by atoms with E-state index in [2.05, 4.69) is 193 Å². The molecule has 1 heteroatoms. The molecule has 0 aromatic heterocycles. The van der Waals surface area contributed by atoms with Gasteiger partial charge in [0.25, 0.3) is 0 Å². The van der Waals surface area contributed by atoms with Crippen LogP contribution in [0.5, 0.6) is 0 Å². The topological polar surface area (TPSA) is 3.24 Å². The van der Waals surface area contributed by atoms with E-state index < -0.39 is 0 Å². The van der Waals surface area contributed by atoms with Crippen molar-refractivity contribution in [2.45, 2.75) is 0 Å². The lowest BCUT2D eigenvalue weighted by molar-refractivity contribution is 1.28. The van der Waals surface area contributed by atoms with Crippen LogP contribution in [-0.4, -0.2) is 0 Å². The summed E-state index contributed by atoms with van der Waals surface area (Å²) in [6, 6.07) is 67.6. The standard InChI is InChI=1S/C44H31N/c1-3-12-32(13-4-1)33-22-26-39(27-23-33)45(38-17-5-2-6-18-38)40-28-24-34(25-29-40)37-30-36-15-8-10-20-42(36)44(31-37)43-21-11-16-35-14-7-9-19-41(35)43/h1-31H. The summed E-state index contributed by atoms with van der Waals surface area (Å²) in [4.78, 5) is 2.32. The first-order chi connectivity index (χ1) is 22.3. The third-order valence-corrected chi connectivity index (χ3v) is 8.65. The minimum atomic E-state index is 1.12. The minimum Gasteiger partial charge on any atom is -0.311 e. The monoisotopic (exact) mass is 573 g/mol. The van der Waals surface area contributed by atoms with Crippen molar-refractivity contribution in [2.24, 2.45) is 0 Å². The Kier molecular flexibility index (Phi) is 6.90. The maximum Gasteiger partial charge on any atom is 0.0462 e. The summed E-state index contributed by atoms with van der Waals surface area (Å²) in [5.74, 6) is 0. The number of hydrogen-bond acceptors (Lipinski definition) is 1. The zero-order valence-corrected chi connectivity index (χ0v) is 24.8. The normalized spacial score (nSPS) is 11.1. The predicted octanol–water partition coefficient (Wildman–Crippen LogP) is 12.5. The molecule has 0 bridgehead atoms. The van der Waals surface area contributed by atoms with Gasteiger partial charge in [0.05, 0.1) is 0 Å². The summed E-state index contributed by atoms with van der Waals surface area (Å²) >= 11 is 0. The Bertz CT molecular complexity index is 2230. The second-order valence-electron chi connectivity index (χ2n) is 11.4. The number of fused-ring (bicyclic) bond motifs is 2. The van der Waals surface area contributed by atoms with E-state index in [1.165, 1.54) is 54.9 Å². The van der Waals surface area contributed by atoms with Gasteiger partial charge in [-0.1, -0.05) is 140 Å². The molecule has 8 aromatic carbocycles. The zero-order valence-electron chi connectivity index (χ0n) is 24.8. The van der Waals surface area contributed by atoms with Gasteiger partial charge in [-0.2, -0.15) is 0 Å². The van der Waals surface area contributed by atoms with Crippen molar-refractivity contribution in [3.63, 3.8) is 0 Å². The first-order valence-corrected chi connectivity index (χ1v) is 15.4. The van der Waals surface area contributed by atoms with E-state index in [1.54, 1.807) is 0 Å². The van der Waals surface area contributed by atoms with Crippen LogP contribution in [-0.2, 0) is 0 Å². The van der Waals surface area contributed by atoms with Crippen LogP contribution >= 0.6 is 0 Å². The van der Waals surface area contributed by atoms with E-state index >= 15 is 0 Å². The Hall–Kier alpha value is -5.92. The van der Waals surface area contributed by atoms with E-state index in [4.69, 9.17) is 0 Å². The van der Waals surface area contributed by atoms with E-state index in [1.807, 2.05) is 0 Å². The molecule has 0 amide bonds. The Morgan fingerprint density at radius 2 is 0.733 bits per heavy atom. The van der Waals surface area contributed by atoms with Crippen LogP contribution in [0.4, 0.5) is 17.1 Å². The fourth-order valence-corrected chi connectivity index (χ4v) is 6.42. The Labute approximate surface area is 264 Å². The zero-order chi connectivity index (χ0) is 30.0. The van der Waals surface area contributed by atoms with Crippen molar-refractivity contribution < 1.29 is 0 Å². The number of hydrogen-bond donors (Lipinski definition) is 0. The smallest absolute Gasteiger partial charge is 0.0462 e. The van der Waals surface area contributed by atoms with Crippen LogP contribution in [0.3, 0.4) is 0 Å². The SMILES string of the molecule is c1ccc(-c2ccc(N(c3ccccc3)c3ccc(-c4cc(-c5cccc6ccccc56)c5ccccc5c4)cc3)cc2)cc1. The molecule has 8 rings (SSSR count).